The molecule has 1 N–H and O–H groups in total. The summed E-state index contributed by atoms with van der Waals surface area (Å²) < 4.78 is 10.9. The van der Waals surface area contributed by atoms with E-state index in [9.17, 15) is 9.59 Å². The smallest absolute Gasteiger partial charge is 0.336 e. The molecule has 0 spiro atoms. The predicted octanol–water partition coefficient (Wildman–Crippen LogP) is 4.63. The zero-order valence-corrected chi connectivity index (χ0v) is 15.9. The van der Waals surface area contributed by atoms with E-state index in [1.54, 1.807) is 19.1 Å². The predicted molar refractivity (Wildman–Crippen MR) is 106 cm³/mol. The van der Waals surface area contributed by atoms with Crippen LogP contribution in [-0.4, -0.2) is 12.0 Å². The summed E-state index contributed by atoms with van der Waals surface area (Å²) in [6.07, 6.45) is -0.705. The van der Waals surface area contributed by atoms with E-state index in [2.05, 4.69) is 19.2 Å². The van der Waals surface area contributed by atoms with Crippen LogP contribution < -0.4 is 15.7 Å². The molecule has 0 bridgehead atoms. The summed E-state index contributed by atoms with van der Waals surface area (Å²) in [5.74, 6) is 0.653. The molecule has 0 saturated carbocycles. The van der Waals surface area contributed by atoms with Crippen molar-refractivity contribution in [3.05, 3.63) is 70.1 Å². The fourth-order valence-corrected chi connectivity index (χ4v) is 2.83. The molecule has 3 aromatic rings. The number of amides is 1. The maximum Gasteiger partial charge on any atom is 0.336 e. The molecule has 1 aromatic heterocycles. The Morgan fingerprint density at radius 3 is 2.41 bits per heavy atom. The normalized spacial score (nSPS) is 12.2. The highest BCUT2D eigenvalue weighted by Gasteiger charge is 2.16. The second kappa shape index (κ2) is 7.66. The Bertz CT molecular complexity index is 1020. The van der Waals surface area contributed by atoms with Gasteiger partial charge in [-0.25, -0.2) is 4.79 Å². The van der Waals surface area contributed by atoms with Crippen LogP contribution in [0.15, 0.2) is 57.7 Å². The fourth-order valence-electron chi connectivity index (χ4n) is 2.83. The Kier molecular flexibility index (Phi) is 5.31. The lowest BCUT2D eigenvalue weighted by molar-refractivity contribution is -0.122. The lowest BCUT2D eigenvalue weighted by Gasteiger charge is -2.15. The molecule has 1 atom stereocenters. The number of ether oxygens (including phenoxy) is 1. The minimum absolute atomic E-state index is 0.252. The average Bonchev–Trinajstić information content (AvgIpc) is 2.61. The molecule has 0 aliphatic heterocycles. The minimum atomic E-state index is -0.705. The first-order valence-electron chi connectivity index (χ1n) is 8.95. The van der Waals surface area contributed by atoms with Crippen LogP contribution in [0.25, 0.3) is 11.0 Å². The number of carbonyl (C=O) groups is 1. The van der Waals surface area contributed by atoms with E-state index in [0.717, 1.165) is 16.6 Å². The molecule has 0 unspecified atom stereocenters. The monoisotopic (exact) mass is 365 g/mol. The topological polar surface area (TPSA) is 68.5 Å². The van der Waals surface area contributed by atoms with Gasteiger partial charge in [0, 0.05) is 23.2 Å². The largest absolute Gasteiger partial charge is 0.481 e. The van der Waals surface area contributed by atoms with E-state index in [4.69, 9.17) is 9.15 Å². The van der Waals surface area contributed by atoms with Crippen molar-refractivity contribution in [2.45, 2.75) is 39.7 Å². The quantitative estimate of drug-likeness (QED) is 0.669. The van der Waals surface area contributed by atoms with Crippen LogP contribution in [0.2, 0.25) is 0 Å². The van der Waals surface area contributed by atoms with Gasteiger partial charge in [0.2, 0.25) is 0 Å². The Balaban J connectivity index is 1.70. The van der Waals surface area contributed by atoms with Gasteiger partial charge >= 0.3 is 5.63 Å². The molecule has 140 valence electrons. The lowest BCUT2D eigenvalue weighted by Crippen LogP contribution is -2.30. The van der Waals surface area contributed by atoms with Gasteiger partial charge in [-0.05, 0) is 55.2 Å². The first kappa shape index (κ1) is 18.7. The number of fused-ring (bicyclic) bond motifs is 1. The molecule has 2 aromatic carbocycles. The highest BCUT2D eigenvalue weighted by molar-refractivity contribution is 5.94. The number of nitrogens with one attached hydrogen (secondary N) is 1. The van der Waals surface area contributed by atoms with Crippen molar-refractivity contribution in [2.75, 3.05) is 5.32 Å². The summed E-state index contributed by atoms with van der Waals surface area (Å²) in [6, 6.07) is 14.4. The first-order chi connectivity index (χ1) is 12.8. The Morgan fingerprint density at radius 2 is 1.74 bits per heavy atom. The van der Waals surface area contributed by atoms with Gasteiger partial charge in [0.05, 0.1) is 0 Å². The van der Waals surface area contributed by atoms with Crippen LogP contribution in [0.4, 0.5) is 5.69 Å². The molecule has 0 radical (unpaired) electrons. The van der Waals surface area contributed by atoms with Gasteiger partial charge < -0.3 is 14.5 Å². The molecule has 3 rings (SSSR count). The lowest BCUT2D eigenvalue weighted by atomic mass is 10.0. The summed E-state index contributed by atoms with van der Waals surface area (Å²) >= 11 is 0. The van der Waals surface area contributed by atoms with Gasteiger partial charge in [-0.2, -0.15) is 0 Å². The summed E-state index contributed by atoms with van der Waals surface area (Å²) in [7, 11) is 0. The minimum Gasteiger partial charge on any atom is -0.481 e. The van der Waals surface area contributed by atoms with E-state index in [1.165, 1.54) is 11.6 Å². The van der Waals surface area contributed by atoms with Gasteiger partial charge in [0.1, 0.15) is 11.3 Å². The Labute approximate surface area is 158 Å². The number of carbonyl (C=O) groups excluding carboxylic acids is 1. The molecule has 0 aliphatic carbocycles. The average molecular weight is 365 g/mol. The number of hydrogen-bond donors (Lipinski definition) is 1. The summed E-state index contributed by atoms with van der Waals surface area (Å²) in [4.78, 5) is 23.9. The second-order valence-corrected chi connectivity index (χ2v) is 6.93. The van der Waals surface area contributed by atoms with Crippen molar-refractivity contribution >= 4 is 22.6 Å². The van der Waals surface area contributed by atoms with E-state index in [1.807, 2.05) is 37.3 Å². The molecule has 1 amide bonds. The fraction of sp³-hybridized carbons (Fsp3) is 0.273. The van der Waals surface area contributed by atoms with Crippen molar-refractivity contribution in [1.29, 1.82) is 0 Å². The molecule has 0 saturated heterocycles. The van der Waals surface area contributed by atoms with E-state index < -0.39 is 11.7 Å². The molecule has 0 aliphatic rings. The molecule has 5 nitrogen and oxygen atoms in total. The number of hydrogen-bond acceptors (Lipinski definition) is 4. The highest BCUT2D eigenvalue weighted by Crippen LogP contribution is 2.23. The molecular weight excluding hydrogens is 342 g/mol. The van der Waals surface area contributed by atoms with Gasteiger partial charge in [0.15, 0.2) is 6.10 Å². The zero-order chi connectivity index (χ0) is 19.6. The standard InChI is InChI=1S/C22H23NO4/c1-13(2)16-5-7-17(8-6-16)23-22(25)15(4)26-18-9-10-19-14(3)11-21(24)27-20(19)12-18/h5-13,15H,1-4H3,(H,23,25)/t15-/m0/s1. The van der Waals surface area contributed by atoms with Gasteiger partial charge in [-0.3, -0.25) is 4.79 Å². The number of rotatable bonds is 5. The third kappa shape index (κ3) is 4.37. The number of benzene rings is 2. The zero-order valence-electron chi connectivity index (χ0n) is 15.9. The van der Waals surface area contributed by atoms with Crippen molar-refractivity contribution in [2.24, 2.45) is 0 Å². The van der Waals surface area contributed by atoms with E-state index in [-0.39, 0.29) is 5.91 Å². The Hall–Kier alpha value is -3.08. The molecular formula is C22H23NO4. The number of anilines is 1. The molecule has 1 heterocycles. The molecule has 5 heteroatoms. The van der Waals surface area contributed by atoms with Gasteiger partial charge in [-0.1, -0.05) is 26.0 Å². The second-order valence-electron chi connectivity index (χ2n) is 6.93. The van der Waals surface area contributed by atoms with Gasteiger partial charge in [-0.15, -0.1) is 0 Å². The summed E-state index contributed by atoms with van der Waals surface area (Å²) in [5, 5.41) is 3.68. The van der Waals surface area contributed by atoms with E-state index >= 15 is 0 Å². The Morgan fingerprint density at radius 1 is 1.04 bits per heavy atom. The third-order valence-electron chi connectivity index (χ3n) is 4.45. The van der Waals surface area contributed by atoms with Crippen LogP contribution in [0.3, 0.4) is 0 Å². The number of aryl methyl sites for hydroxylation is 1. The maximum absolute atomic E-state index is 12.4. The van der Waals surface area contributed by atoms with Crippen molar-refractivity contribution in [3.8, 4) is 5.75 Å². The SMILES string of the molecule is Cc1cc(=O)oc2cc(O[C@@H](C)C(=O)Nc3ccc(C(C)C)cc3)ccc12. The van der Waals surface area contributed by atoms with Crippen LogP contribution >= 0.6 is 0 Å². The van der Waals surface area contributed by atoms with E-state index in [0.29, 0.717) is 17.3 Å². The van der Waals surface area contributed by atoms with Crippen LogP contribution in [0, 0.1) is 6.92 Å². The van der Waals surface area contributed by atoms with Crippen molar-refractivity contribution in [3.63, 3.8) is 0 Å². The van der Waals surface area contributed by atoms with Crippen LogP contribution in [0.5, 0.6) is 5.75 Å². The van der Waals surface area contributed by atoms with Crippen molar-refractivity contribution in [1.82, 2.24) is 0 Å². The van der Waals surface area contributed by atoms with Crippen LogP contribution in [0.1, 0.15) is 37.8 Å². The summed E-state index contributed by atoms with van der Waals surface area (Å²) in [5.41, 5.74) is 2.80. The summed E-state index contributed by atoms with van der Waals surface area (Å²) in [6.45, 7) is 7.77. The third-order valence-corrected chi connectivity index (χ3v) is 4.45. The molecule has 0 fully saturated rings. The van der Waals surface area contributed by atoms with Crippen LogP contribution in [-0.2, 0) is 4.79 Å². The molecule has 27 heavy (non-hydrogen) atoms. The highest BCUT2D eigenvalue weighted by atomic mass is 16.5. The maximum atomic E-state index is 12.4. The van der Waals surface area contributed by atoms with Gasteiger partial charge in [0.25, 0.3) is 5.91 Å². The first-order valence-corrected chi connectivity index (χ1v) is 8.95. The van der Waals surface area contributed by atoms with Crippen molar-refractivity contribution < 1.29 is 13.9 Å².